The first kappa shape index (κ1) is 24.1. The molecule has 0 bridgehead atoms. The molecule has 1 heterocycles. The van der Waals surface area contributed by atoms with Gasteiger partial charge in [-0.1, -0.05) is 86.1 Å². The molecule has 1 aromatic heterocycles. The van der Waals surface area contributed by atoms with Crippen LogP contribution in [0.2, 0.25) is 0 Å². The molecule has 0 aliphatic heterocycles. The number of hydrogen-bond acceptors (Lipinski definition) is 3. The number of nitriles is 1. The Labute approximate surface area is 205 Å². The molecule has 0 aliphatic carbocycles. The van der Waals surface area contributed by atoms with Gasteiger partial charge in [-0.2, -0.15) is 5.26 Å². The quantitative estimate of drug-likeness (QED) is 0.294. The SMILES string of the molecule is CCCCc1nc(CF)n(Cc2ccccc2)c(=O)c1Cc1ccc(-c2ccccc2)c(C#N)c1. The van der Waals surface area contributed by atoms with Crippen LogP contribution in [0.15, 0.2) is 83.7 Å². The minimum Gasteiger partial charge on any atom is -0.290 e. The Balaban J connectivity index is 1.77. The van der Waals surface area contributed by atoms with Crippen LogP contribution in [0.3, 0.4) is 0 Å². The van der Waals surface area contributed by atoms with E-state index in [4.69, 9.17) is 0 Å². The standard InChI is InChI=1S/C30H28FN3O/c1-2-3-14-28-27(30(35)34(29(19-31)33-28)21-22-10-6-4-7-11-22)18-23-15-16-26(25(17-23)20-32)24-12-8-5-9-13-24/h4-13,15-17H,2-3,14,18-19,21H2,1H3. The summed E-state index contributed by atoms with van der Waals surface area (Å²) in [6, 6.07) is 27.3. The van der Waals surface area contributed by atoms with E-state index in [9.17, 15) is 14.4 Å². The van der Waals surface area contributed by atoms with E-state index in [1.165, 1.54) is 4.57 Å². The van der Waals surface area contributed by atoms with Gasteiger partial charge >= 0.3 is 0 Å². The number of halogens is 1. The van der Waals surface area contributed by atoms with Crippen molar-refractivity contribution < 1.29 is 4.39 Å². The molecular formula is C30H28FN3O. The molecule has 0 atom stereocenters. The zero-order chi connectivity index (χ0) is 24.6. The highest BCUT2D eigenvalue weighted by Crippen LogP contribution is 2.25. The van der Waals surface area contributed by atoms with E-state index in [0.717, 1.165) is 35.1 Å². The fourth-order valence-electron chi connectivity index (χ4n) is 4.31. The van der Waals surface area contributed by atoms with Crippen LogP contribution in [0.5, 0.6) is 0 Å². The zero-order valence-corrected chi connectivity index (χ0v) is 19.9. The molecule has 176 valence electrons. The van der Waals surface area contributed by atoms with Crippen LogP contribution >= 0.6 is 0 Å². The van der Waals surface area contributed by atoms with Gasteiger partial charge in [-0.05, 0) is 41.2 Å². The molecule has 0 aliphatic rings. The average molecular weight is 466 g/mol. The number of hydrogen-bond donors (Lipinski definition) is 0. The molecule has 4 rings (SSSR count). The first-order valence-electron chi connectivity index (χ1n) is 11.9. The summed E-state index contributed by atoms with van der Waals surface area (Å²) in [6.45, 7) is 1.54. The molecule has 0 amide bonds. The Morgan fingerprint density at radius 2 is 1.69 bits per heavy atom. The second-order valence-corrected chi connectivity index (χ2v) is 8.60. The molecule has 0 fully saturated rings. The van der Waals surface area contributed by atoms with E-state index in [2.05, 4.69) is 18.0 Å². The summed E-state index contributed by atoms with van der Waals surface area (Å²) in [4.78, 5) is 18.3. The van der Waals surface area contributed by atoms with Crippen LogP contribution in [-0.2, 0) is 26.1 Å². The van der Waals surface area contributed by atoms with Gasteiger partial charge in [0.15, 0.2) is 0 Å². The first-order chi connectivity index (χ1) is 17.1. The van der Waals surface area contributed by atoms with Gasteiger partial charge < -0.3 is 0 Å². The van der Waals surface area contributed by atoms with Crippen molar-refractivity contribution in [2.75, 3.05) is 0 Å². The number of nitrogens with zero attached hydrogens (tertiary/aromatic N) is 3. The first-order valence-corrected chi connectivity index (χ1v) is 11.9. The van der Waals surface area contributed by atoms with E-state index >= 15 is 0 Å². The monoisotopic (exact) mass is 465 g/mol. The lowest BCUT2D eigenvalue weighted by Gasteiger charge is -2.16. The van der Waals surface area contributed by atoms with Crippen molar-refractivity contribution in [3.8, 4) is 17.2 Å². The van der Waals surface area contributed by atoms with Gasteiger partial charge in [-0.3, -0.25) is 9.36 Å². The van der Waals surface area contributed by atoms with E-state index in [0.29, 0.717) is 29.7 Å². The van der Waals surface area contributed by atoms with Crippen LogP contribution < -0.4 is 5.56 Å². The number of aromatic nitrogens is 2. The van der Waals surface area contributed by atoms with Crippen LogP contribution in [0.1, 0.15) is 53.5 Å². The molecule has 3 aromatic carbocycles. The van der Waals surface area contributed by atoms with Crippen LogP contribution in [0.4, 0.5) is 4.39 Å². The van der Waals surface area contributed by atoms with Crippen molar-refractivity contribution in [2.24, 2.45) is 0 Å². The number of unbranched alkanes of at least 4 members (excludes halogenated alkanes) is 1. The smallest absolute Gasteiger partial charge is 0.257 e. The molecule has 0 unspecified atom stereocenters. The number of aryl methyl sites for hydroxylation is 1. The third-order valence-corrected chi connectivity index (χ3v) is 6.17. The highest BCUT2D eigenvalue weighted by molar-refractivity contribution is 5.71. The van der Waals surface area contributed by atoms with Gasteiger partial charge in [0.05, 0.1) is 23.9 Å². The topological polar surface area (TPSA) is 58.7 Å². The van der Waals surface area contributed by atoms with Crippen molar-refractivity contribution in [1.29, 1.82) is 5.26 Å². The van der Waals surface area contributed by atoms with Crippen molar-refractivity contribution in [2.45, 2.75) is 45.8 Å². The normalized spacial score (nSPS) is 10.8. The van der Waals surface area contributed by atoms with Gasteiger partial charge in [0.1, 0.15) is 12.5 Å². The molecule has 0 saturated carbocycles. The Bertz CT molecular complexity index is 1390. The van der Waals surface area contributed by atoms with E-state index in [1.807, 2.05) is 78.9 Å². The predicted octanol–water partition coefficient (Wildman–Crippen LogP) is 6.23. The third kappa shape index (κ3) is 5.55. The summed E-state index contributed by atoms with van der Waals surface area (Å²) >= 11 is 0. The molecule has 0 N–H and O–H groups in total. The molecule has 4 aromatic rings. The summed E-state index contributed by atoms with van der Waals surface area (Å²) in [5.74, 6) is 0.158. The Morgan fingerprint density at radius 3 is 2.34 bits per heavy atom. The maximum absolute atomic E-state index is 14.0. The summed E-state index contributed by atoms with van der Waals surface area (Å²) in [5.41, 5.74) is 5.17. The predicted molar refractivity (Wildman–Crippen MR) is 137 cm³/mol. The Hall–Kier alpha value is -4.04. The third-order valence-electron chi connectivity index (χ3n) is 6.17. The fraction of sp³-hybridized carbons (Fsp3) is 0.233. The van der Waals surface area contributed by atoms with Gasteiger partial charge in [0.2, 0.25) is 0 Å². The van der Waals surface area contributed by atoms with Crippen LogP contribution in [0.25, 0.3) is 11.1 Å². The van der Waals surface area contributed by atoms with E-state index < -0.39 is 6.67 Å². The largest absolute Gasteiger partial charge is 0.290 e. The van der Waals surface area contributed by atoms with Crippen molar-refractivity contribution in [3.05, 3.63) is 123 Å². The lowest BCUT2D eigenvalue weighted by Crippen LogP contribution is -2.30. The maximum Gasteiger partial charge on any atom is 0.257 e. The maximum atomic E-state index is 14.0. The van der Waals surface area contributed by atoms with Crippen LogP contribution in [0, 0.1) is 11.3 Å². The second-order valence-electron chi connectivity index (χ2n) is 8.60. The highest BCUT2D eigenvalue weighted by Gasteiger charge is 2.18. The summed E-state index contributed by atoms with van der Waals surface area (Å²) in [6.07, 6.45) is 2.78. The number of alkyl halides is 1. The summed E-state index contributed by atoms with van der Waals surface area (Å²) in [7, 11) is 0. The lowest BCUT2D eigenvalue weighted by atomic mass is 9.95. The van der Waals surface area contributed by atoms with Crippen molar-refractivity contribution in [1.82, 2.24) is 9.55 Å². The van der Waals surface area contributed by atoms with Crippen molar-refractivity contribution >= 4 is 0 Å². The zero-order valence-electron chi connectivity index (χ0n) is 19.9. The molecular weight excluding hydrogens is 437 g/mol. The summed E-state index contributed by atoms with van der Waals surface area (Å²) in [5, 5.41) is 9.80. The highest BCUT2D eigenvalue weighted by atomic mass is 19.1. The minimum absolute atomic E-state index is 0.158. The van der Waals surface area contributed by atoms with E-state index in [-0.39, 0.29) is 17.9 Å². The van der Waals surface area contributed by atoms with Gasteiger partial charge in [-0.25, -0.2) is 9.37 Å². The lowest BCUT2D eigenvalue weighted by molar-refractivity contribution is 0.438. The average Bonchev–Trinajstić information content (AvgIpc) is 2.91. The molecule has 5 heteroatoms. The van der Waals surface area contributed by atoms with Crippen LogP contribution in [-0.4, -0.2) is 9.55 Å². The van der Waals surface area contributed by atoms with Gasteiger partial charge in [0, 0.05) is 12.0 Å². The molecule has 35 heavy (non-hydrogen) atoms. The second kappa shape index (κ2) is 11.4. The number of benzene rings is 3. The number of rotatable bonds is 9. The molecule has 0 saturated heterocycles. The van der Waals surface area contributed by atoms with E-state index in [1.54, 1.807) is 0 Å². The molecule has 4 nitrogen and oxygen atoms in total. The van der Waals surface area contributed by atoms with Gasteiger partial charge in [-0.15, -0.1) is 0 Å². The van der Waals surface area contributed by atoms with Gasteiger partial charge in [0.25, 0.3) is 5.56 Å². The fourth-order valence-corrected chi connectivity index (χ4v) is 4.31. The van der Waals surface area contributed by atoms with Crippen molar-refractivity contribution in [3.63, 3.8) is 0 Å². The summed E-state index contributed by atoms with van der Waals surface area (Å²) < 4.78 is 15.4. The molecule has 0 spiro atoms. The minimum atomic E-state index is -0.800. The Kier molecular flexibility index (Phi) is 7.84. The Morgan fingerprint density at radius 1 is 0.971 bits per heavy atom. The molecule has 0 radical (unpaired) electrons.